The number of primary amides is 1. The van der Waals surface area contributed by atoms with E-state index < -0.39 is 11.0 Å². The predicted molar refractivity (Wildman–Crippen MR) is 107 cm³/mol. The van der Waals surface area contributed by atoms with Crippen molar-refractivity contribution in [1.82, 2.24) is 10.2 Å². The van der Waals surface area contributed by atoms with E-state index in [9.17, 15) is 14.9 Å². The summed E-state index contributed by atoms with van der Waals surface area (Å²) in [4.78, 5) is 27.2. The number of amides is 2. The van der Waals surface area contributed by atoms with Gasteiger partial charge >= 0.3 is 0 Å². The standard InChI is InChI=1S/C22H30N4O2/c23-16-22(13-14-25-17-22)26(15-18-7-3-1-4-8-18)19(27)9-12-21(20(24)28)10-5-2-6-11-21/h1,3-4,7-8,25H,2,5-6,9-15,17H2,(H2,24,28). The third kappa shape index (κ3) is 4.20. The molecule has 1 saturated heterocycles. The summed E-state index contributed by atoms with van der Waals surface area (Å²) in [6.45, 7) is 1.60. The first-order valence-electron chi connectivity index (χ1n) is 10.3. The number of nitrogens with one attached hydrogen (secondary N) is 1. The number of benzene rings is 1. The number of hydrogen-bond donors (Lipinski definition) is 2. The van der Waals surface area contributed by atoms with Gasteiger partial charge in [-0.1, -0.05) is 49.6 Å². The van der Waals surface area contributed by atoms with Crippen LogP contribution in [-0.4, -0.2) is 35.3 Å². The predicted octanol–water partition coefficient (Wildman–Crippen LogP) is 2.49. The van der Waals surface area contributed by atoms with Gasteiger partial charge in [0.25, 0.3) is 0 Å². The Bertz CT molecular complexity index is 729. The second kappa shape index (κ2) is 8.74. The lowest BCUT2D eigenvalue weighted by Gasteiger charge is -2.38. The molecule has 2 fully saturated rings. The molecule has 0 aromatic heterocycles. The highest BCUT2D eigenvalue weighted by Gasteiger charge is 2.44. The fourth-order valence-electron chi connectivity index (χ4n) is 4.64. The van der Waals surface area contributed by atoms with Crippen LogP contribution in [0.4, 0.5) is 0 Å². The van der Waals surface area contributed by atoms with E-state index in [1.54, 1.807) is 4.90 Å². The van der Waals surface area contributed by atoms with Crippen molar-refractivity contribution in [3.8, 4) is 6.07 Å². The largest absolute Gasteiger partial charge is 0.369 e. The van der Waals surface area contributed by atoms with Gasteiger partial charge in [0.05, 0.1) is 6.07 Å². The fraction of sp³-hybridized carbons (Fsp3) is 0.591. The molecule has 150 valence electrons. The van der Waals surface area contributed by atoms with Crippen LogP contribution in [0.2, 0.25) is 0 Å². The lowest BCUT2D eigenvalue weighted by atomic mass is 9.70. The average molecular weight is 383 g/mol. The van der Waals surface area contributed by atoms with Crippen LogP contribution in [0.15, 0.2) is 30.3 Å². The molecule has 2 amide bonds. The number of nitrogens with two attached hydrogens (primary N) is 1. The number of nitrogens with zero attached hydrogens (tertiary/aromatic N) is 2. The summed E-state index contributed by atoms with van der Waals surface area (Å²) in [6, 6.07) is 12.2. The Morgan fingerprint density at radius 2 is 1.86 bits per heavy atom. The molecule has 1 aromatic rings. The molecular formula is C22H30N4O2. The summed E-state index contributed by atoms with van der Waals surface area (Å²) >= 11 is 0. The number of carbonyl (C=O) groups is 2. The molecule has 1 aromatic carbocycles. The van der Waals surface area contributed by atoms with E-state index in [0.29, 0.717) is 25.9 Å². The molecule has 3 N–H and O–H groups in total. The molecule has 6 heteroatoms. The van der Waals surface area contributed by atoms with Gasteiger partial charge in [0.2, 0.25) is 11.8 Å². The van der Waals surface area contributed by atoms with Crippen LogP contribution in [0.5, 0.6) is 0 Å². The van der Waals surface area contributed by atoms with Crippen LogP contribution in [0.1, 0.15) is 56.9 Å². The van der Waals surface area contributed by atoms with E-state index in [4.69, 9.17) is 5.73 Å². The van der Waals surface area contributed by atoms with Crippen LogP contribution in [-0.2, 0) is 16.1 Å². The van der Waals surface area contributed by atoms with Gasteiger partial charge in [-0.05, 0) is 37.8 Å². The molecule has 3 rings (SSSR count). The molecule has 1 heterocycles. The molecule has 1 aliphatic heterocycles. The van der Waals surface area contributed by atoms with Crippen LogP contribution in [0.25, 0.3) is 0 Å². The van der Waals surface area contributed by atoms with Crippen LogP contribution in [0, 0.1) is 16.7 Å². The molecule has 6 nitrogen and oxygen atoms in total. The molecular weight excluding hydrogens is 352 g/mol. The lowest BCUT2D eigenvalue weighted by Crippen LogP contribution is -2.52. The van der Waals surface area contributed by atoms with Crippen molar-refractivity contribution in [3.05, 3.63) is 35.9 Å². The summed E-state index contributed by atoms with van der Waals surface area (Å²) in [7, 11) is 0. The second-order valence-electron chi connectivity index (χ2n) is 8.24. The number of nitriles is 1. The minimum atomic E-state index is -0.834. The quantitative estimate of drug-likeness (QED) is 0.757. The van der Waals surface area contributed by atoms with Gasteiger partial charge in [0.1, 0.15) is 5.54 Å². The van der Waals surface area contributed by atoms with Crippen molar-refractivity contribution < 1.29 is 9.59 Å². The number of carbonyl (C=O) groups excluding carboxylic acids is 2. The summed E-state index contributed by atoms with van der Waals surface area (Å²) in [6.07, 6.45) is 5.95. The molecule has 1 aliphatic carbocycles. The SMILES string of the molecule is N#CC1(N(Cc2ccccc2)C(=O)CCC2(C(N)=O)CCCCC2)CCNC1. The summed E-state index contributed by atoms with van der Waals surface area (Å²) < 4.78 is 0. The average Bonchev–Trinajstić information content (AvgIpc) is 3.22. The summed E-state index contributed by atoms with van der Waals surface area (Å²) in [5.41, 5.74) is 5.33. The van der Waals surface area contributed by atoms with Gasteiger partial charge < -0.3 is 16.0 Å². The van der Waals surface area contributed by atoms with Crippen LogP contribution < -0.4 is 11.1 Å². The first-order chi connectivity index (χ1) is 13.5. The molecule has 0 spiro atoms. The first-order valence-corrected chi connectivity index (χ1v) is 10.3. The van der Waals surface area contributed by atoms with E-state index in [-0.39, 0.29) is 18.2 Å². The maximum atomic E-state index is 13.3. The molecule has 0 bridgehead atoms. The normalized spacial score (nSPS) is 23.7. The van der Waals surface area contributed by atoms with Gasteiger partial charge in [-0.25, -0.2) is 0 Å². The van der Waals surface area contributed by atoms with Gasteiger partial charge in [-0.15, -0.1) is 0 Å². The Morgan fingerprint density at radius 3 is 2.43 bits per heavy atom. The van der Waals surface area contributed by atoms with Gasteiger partial charge in [0.15, 0.2) is 0 Å². The maximum Gasteiger partial charge on any atom is 0.224 e. The highest BCUT2D eigenvalue weighted by Crippen LogP contribution is 2.40. The van der Waals surface area contributed by atoms with E-state index in [1.165, 1.54) is 0 Å². The topological polar surface area (TPSA) is 99.2 Å². The summed E-state index contributed by atoms with van der Waals surface area (Å²) in [5, 5.41) is 13.1. The Kier molecular flexibility index (Phi) is 6.35. The minimum Gasteiger partial charge on any atom is -0.369 e. The van der Waals surface area contributed by atoms with Crippen LogP contribution >= 0.6 is 0 Å². The second-order valence-corrected chi connectivity index (χ2v) is 8.24. The highest BCUT2D eigenvalue weighted by atomic mass is 16.2. The van der Waals surface area contributed by atoms with E-state index >= 15 is 0 Å². The smallest absolute Gasteiger partial charge is 0.224 e. The van der Waals surface area contributed by atoms with Gasteiger partial charge in [0, 0.05) is 24.9 Å². The van der Waals surface area contributed by atoms with E-state index in [0.717, 1.165) is 44.2 Å². The molecule has 1 saturated carbocycles. The molecule has 1 unspecified atom stereocenters. The van der Waals surface area contributed by atoms with E-state index in [2.05, 4.69) is 11.4 Å². The highest BCUT2D eigenvalue weighted by molar-refractivity contribution is 5.83. The van der Waals surface area contributed by atoms with Crippen molar-refractivity contribution >= 4 is 11.8 Å². The first kappa shape index (κ1) is 20.3. The summed E-state index contributed by atoms with van der Waals surface area (Å²) in [5.74, 6) is -0.354. The maximum absolute atomic E-state index is 13.3. The van der Waals surface area contributed by atoms with Crippen LogP contribution in [0.3, 0.4) is 0 Å². The van der Waals surface area contributed by atoms with Gasteiger partial charge in [-0.2, -0.15) is 5.26 Å². The van der Waals surface area contributed by atoms with Crippen molar-refractivity contribution in [1.29, 1.82) is 5.26 Å². The Morgan fingerprint density at radius 1 is 1.14 bits per heavy atom. The number of hydrogen-bond acceptors (Lipinski definition) is 4. The zero-order valence-electron chi connectivity index (χ0n) is 16.5. The van der Waals surface area contributed by atoms with Crippen molar-refractivity contribution in [2.75, 3.05) is 13.1 Å². The Balaban J connectivity index is 1.78. The lowest BCUT2D eigenvalue weighted by molar-refractivity contribution is -0.138. The molecule has 28 heavy (non-hydrogen) atoms. The third-order valence-electron chi connectivity index (χ3n) is 6.49. The molecule has 1 atom stereocenters. The zero-order valence-corrected chi connectivity index (χ0v) is 16.5. The fourth-order valence-corrected chi connectivity index (χ4v) is 4.64. The molecule has 0 radical (unpaired) electrons. The Hall–Kier alpha value is -2.39. The number of rotatable bonds is 7. The van der Waals surface area contributed by atoms with Gasteiger partial charge in [-0.3, -0.25) is 9.59 Å². The zero-order chi connectivity index (χ0) is 20.0. The third-order valence-corrected chi connectivity index (χ3v) is 6.49. The minimum absolute atomic E-state index is 0.0692. The van der Waals surface area contributed by atoms with Crippen molar-refractivity contribution in [2.45, 2.75) is 63.5 Å². The van der Waals surface area contributed by atoms with Crippen molar-refractivity contribution in [2.24, 2.45) is 11.1 Å². The monoisotopic (exact) mass is 382 g/mol. The van der Waals surface area contributed by atoms with Crippen molar-refractivity contribution in [3.63, 3.8) is 0 Å². The molecule has 2 aliphatic rings. The van der Waals surface area contributed by atoms with E-state index in [1.807, 2.05) is 30.3 Å². The Labute approximate surface area is 167 Å².